The summed E-state index contributed by atoms with van der Waals surface area (Å²) >= 11 is 0. The fourth-order valence-electron chi connectivity index (χ4n) is 2.02. The molecular formula is C10H19NO2. The summed E-state index contributed by atoms with van der Waals surface area (Å²) in [6.07, 6.45) is 3.79. The number of hydrogen-bond acceptors (Lipinski definition) is 2. The second kappa shape index (κ2) is 4.61. The fourth-order valence-corrected chi connectivity index (χ4v) is 2.02. The fraction of sp³-hybridized carbons (Fsp3) is 0.900. The van der Waals surface area contributed by atoms with E-state index in [1.54, 1.807) is 0 Å². The van der Waals surface area contributed by atoms with Gasteiger partial charge in [-0.2, -0.15) is 0 Å². The summed E-state index contributed by atoms with van der Waals surface area (Å²) in [5.74, 6) is -0.695. The van der Waals surface area contributed by atoms with Crippen LogP contribution < -0.4 is 0 Å². The Morgan fingerprint density at radius 3 is 2.31 bits per heavy atom. The third kappa shape index (κ3) is 2.69. The topological polar surface area (TPSA) is 40.5 Å². The molecule has 0 aliphatic heterocycles. The molecule has 0 radical (unpaired) electrons. The van der Waals surface area contributed by atoms with Gasteiger partial charge in [0.15, 0.2) is 0 Å². The van der Waals surface area contributed by atoms with Gasteiger partial charge in [-0.15, -0.1) is 0 Å². The Labute approximate surface area is 79.7 Å². The molecule has 1 aliphatic carbocycles. The highest BCUT2D eigenvalue weighted by atomic mass is 16.4. The summed E-state index contributed by atoms with van der Waals surface area (Å²) in [5.41, 5.74) is 0. The monoisotopic (exact) mass is 185 g/mol. The van der Waals surface area contributed by atoms with E-state index in [1.807, 2.05) is 0 Å². The normalized spacial score (nSPS) is 29.2. The van der Waals surface area contributed by atoms with Crippen LogP contribution in [0.1, 0.15) is 32.6 Å². The molecule has 1 rings (SSSR count). The van der Waals surface area contributed by atoms with Gasteiger partial charge in [-0.05, 0) is 39.3 Å². The molecule has 76 valence electrons. The third-order valence-electron chi connectivity index (χ3n) is 3.17. The van der Waals surface area contributed by atoms with Crippen molar-refractivity contribution in [2.75, 3.05) is 13.6 Å². The van der Waals surface area contributed by atoms with Crippen LogP contribution in [-0.4, -0.2) is 35.6 Å². The van der Waals surface area contributed by atoms with E-state index in [1.165, 1.54) is 0 Å². The van der Waals surface area contributed by atoms with Crippen LogP contribution in [0.3, 0.4) is 0 Å². The molecule has 1 aliphatic rings. The van der Waals surface area contributed by atoms with Gasteiger partial charge < -0.3 is 10.0 Å². The quantitative estimate of drug-likeness (QED) is 0.725. The van der Waals surface area contributed by atoms with Crippen LogP contribution in [0.5, 0.6) is 0 Å². The average Bonchev–Trinajstić information content (AvgIpc) is 2.17. The summed E-state index contributed by atoms with van der Waals surface area (Å²) in [5, 5.41) is 8.81. The van der Waals surface area contributed by atoms with Gasteiger partial charge in [0.1, 0.15) is 0 Å². The maximum absolute atomic E-state index is 10.7. The number of nitrogens with zero attached hydrogens (tertiary/aromatic N) is 1. The molecule has 0 unspecified atom stereocenters. The third-order valence-corrected chi connectivity index (χ3v) is 3.17. The molecule has 0 bridgehead atoms. The number of rotatable bonds is 3. The molecule has 1 saturated carbocycles. The van der Waals surface area contributed by atoms with E-state index in [4.69, 9.17) is 5.11 Å². The van der Waals surface area contributed by atoms with Gasteiger partial charge in [-0.1, -0.05) is 6.92 Å². The SMILES string of the molecule is CCN(C)C1CCC(C(=O)O)CC1. The Morgan fingerprint density at radius 1 is 1.38 bits per heavy atom. The predicted octanol–water partition coefficient (Wildman–Crippen LogP) is 1.58. The lowest BCUT2D eigenvalue weighted by molar-refractivity contribution is -0.143. The summed E-state index contributed by atoms with van der Waals surface area (Å²) < 4.78 is 0. The first-order chi connectivity index (χ1) is 6.15. The minimum atomic E-state index is -0.613. The van der Waals surface area contributed by atoms with E-state index in [2.05, 4.69) is 18.9 Å². The van der Waals surface area contributed by atoms with Crippen LogP contribution in [0.2, 0.25) is 0 Å². The Balaban J connectivity index is 2.34. The molecule has 3 heteroatoms. The molecular weight excluding hydrogens is 166 g/mol. The Morgan fingerprint density at radius 2 is 1.92 bits per heavy atom. The van der Waals surface area contributed by atoms with Gasteiger partial charge in [-0.3, -0.25) is 4.79 Å². The van der Waals surface area contributed by atoms with Gasteiger partial charge in [-0.25, -0.2) is 0 Å². The smallest absolute Gasteiger partial charge is 0.306 e. The zero-order valence-corrected chi connectivity index (χ0v) is 8.49. The number of aliphatic carboxylic acids is 1. The van der Waals surface area contributed by atoms with Gasteiger partial charge in [0.25, 0.3) is 0 Å². The van der Waals surface area contributed by atoms with Crippen LogP contribution in [0.4, 0.5) is 0 Å². The number of carbonyl (C=O) groups is 1. The molecule has 0 heterocycles. The van der Waals surface area contributed by atoms with Crippen molar-refractivity contribution in [3.63, 3.8) is 0 Å². The van der Waals surface area contributed by atoms with Crippen molar-refractivity contribution < 1.29 is 9.90 Å². The van der Waals surface area contributed by atoms with E-state index in [0.29, 0.717) is 6.04 Å². The van der Waals surface area contributed by atoms with Gasteiger partial charge in [0.2, 0.25) is 0 Å². The van der Waals surface area contributed by atoms with Crippen molar-refractivity contribution in [2.45, 2.75) is 38.6 Å². The maximum Gasteiger partial charge on any atom is 0.306 e. The lowest BCUT2D eigenvalue weighted by Crippen LogP contribution is -2.36. The Bertz CT molecular complexity index is 174. The van der Waals surface area contributed by atoms with Crippen molar-refractivity contribution in [2.24, 2.45) is 5.92 Å². The molecule has 0 saturated heterocycles. The Kier molecular flexibility index (Phi) is 3.72. The first-order valence-corrected chi connectivity index (χ1v) is 5.08. The molecule has 13 heavy (non-hydrogen) atoms. The van der Waals surface area contributed by atoms with Crippen molar-refractivity contribution >= 4 is 5.97 Å². The minimum Gasteiger partial charge on any atom is -0.481 e. The average molecular weight is 185 g/mol. The number of hydrogen-bond donors (Lipinski definition) is 1. The van der Waals surface area contributed by atoms with E-state index < -0.39 is 5.97 Å². The zero-order chi connectivity index (χ0) is 9.84. The Hall–Kier alpha value is -0.570. The lowest BCUT2D eigenvalue weighted by atomic mass is 9.85. The molecule has 3 nitrogen and oxygen atoms in total. The van der Waals surface area contributed by atoms with Crippen molar-refractivity contribution in [1.82, 2.24) is 4.90 Å². The van der Waals surface area contributed by atoms with Crippen LogP contribution >= 0.6 is 0 Å². The first kappa shape index (κ1) is 10.5. The van der Waals surface area contributed by atoms with Gasteiger partial charge in [0.05, 0.1) is 5.92 Å². The summed E-state index contributed by atoms with van der Waals surface area (Å²) in [7, 11) is 2.12. The second-order valence-corrected chi connectivity index (χ2v) is 3.92. The van der Waals surface area contributed by atoms with Crippen LogP contribution in [0, 0.1) is 5.92 Å². The molecule has 1 fully saturated rings. The predicted molar refractivity (Wildman–Crippen MR) is 51.7 cm³/mol. The second-order valence-electron chi connectivity index (χ2n) is 3.92. The maximum atomic E-state index is 10.7. The van der Waals surface area contributed by atoms with Gasteiger partial charge >= 0.3 is 5.97 Å². The number of carboxylic acids is 1. The molecule has 0 spiro atoms. The summed E-state index contributed by atoms with van der Waals surface area (Å²) in [6, 6.07) is 0.612. The molecule has 0 aromatic heterocycles. The van der Waals surface area contributed by atoms with Crippen molar-refractivity contribution in [3.05, 3.63) is 0 Å². The van der Waals surface area contributed by atoms with Crippen molar-refractivity contribution in [1.29, 1.82) is 0 Å². The van der Waals surface area contributed by atoms with E-state index >= 15 is 0 Å². The summed E-state index contributed by atoms with van der Waals surface area (Å²) in [6.45, 7) is 3.20. The first-order valence-electron chi connectivity index (χ1n) is 5.08. The molecule has 0 atom stereocenters. The highest BCUT2D eigenvalue weighted by molar-refractivity contribution is 5.70. The largest absolute Gasteiger partial charge is 0.481 e. The molecule has 0 aromatic carbocycles. The zero-order valence-electron chi connectivity index (χ0n) is 8.49. The lowest BCUT2D eigenvalue weighted by Gasteiger charge is -2.32. The van der Waals surface area contributed by atoms with E-state index in [9.17, 15) is 4.79 Å². The van der Waals surface area contributed by atoms with E-state index in [-0.39, 0.29) is 5.92 Å². The molecule has 0 amide bonds. The number of carboxylic acid groups (broad SMARTS) is 1. The standard InChI is InChI=1S/C10H19NO2/c1-3-11(2)9-6-4-8(5-7-9)10(12)13/h8-9H,3-7H2,1-2H3,(H,12,13). The van der Waals surface area contributed by atoms with Crippen LogP contribution in [0.15, 0.2) is 0 Å². The summed E-state index contributed by atoms with van der Waals surface area (Å²) in [4.78, 5) is 13.0. The van der Waals surface area contributed by atoms with Crippen LogP contribution in [-0.2, 0) is 4.79 Å². The molecule has 0 aromatic rings. The van der Waals surface area contributed by atoms with Crippen molar-refractivity contribution in [3.8, 4) is 0 Å². The van der Waals surface area contributed by atoms with Gasteiger partial charge in [0, 0.05) is 6.04 Å². The van der Waals surface area contributed by atoms with Crippen LogP contribution in [0.25, 0.3) is 0 Å². The highest BCUT2D eigenvalue weighted by Gasteiger charge is 2.27. The highest BCUT2D eigenvalue weighted by Crippen LogP contribution is 2.26. The molecule has 1 N–H and O–H groups in total. The van der Waals surface area contributed by atoms with E-state index in [0.717, 1.165) is 32.2 Å². The minimum absolute atomic E-state index is 0.0819.